The zero-order chi connectivity index (χ0) is 12.4. The predicted molar refractivity (Wildman–Crippen MR) is 62.3 cm³/mol. The number of hydrogen-bond acceptors (Lipinski definition) is 1. The minimum atomic E-state index is -1.02. The summed E-state index contributed by atoms with van der Waals surface area (Å²) < 4.78 is 26.0. The van der Waals surface area contributed by atoms with Crippen LogP contribution in [0.25, 0.3) is 0 Å². The van der Waals surface area contributed by atoms with E-state index in [1.54, 1.807) is 0 Å². The van der Waals surface area contributed by atoms with Gasteiger partial charge in [0.05, 0.1) is 5.02 Å². The number of benzene rings is 1. The Bertz CT molecular complexity index is 439. The van der Waals surface area contributed by atoms with E-state index in [1.807, 2.05) is 0 Å². The van der Waals surface area contributed by atoms with E-state index in [-0.39, 0.29) is 22.3 Å². The molecule has 0 aromatic heterocycles. The Morgan fingerprint density at radius 3 is 2.35 bits per heavy atom. The summed E-state index contributed by atoms with van der Waals surface area (Å²) in [6.07, 6.45) is 4.78. The van der Waals surface area contributed by atoms with Crippen LogP contribution in [0, 0.1) is 17.6 Å². The van der Waals surface area contributed by atoms with Crippen molar-refractivity contribution in [1.29, 1.82) is 0 Å². The summed E-state index contributed by atoms with van der Waals surface area (Å²) in [7, 11) is 0. The van der Waals surface area contributed by atoms with Crippen LogP contribution < -0.4 is 0 Å². The first kappa shape index (κ1) is 12.5. The van der Waals surface area contributed by atoms with Crippen molar-refractivity contribution in [3.8, 4) is 0 Å². The van der Waals surface area contributed by atoms with E-state index < -0.39 is 11.6 Å². The molecule has 0 aliphatic heterocycles. The molecule has 0 spiro atoms. The Balaban J connectivity index is 2.26. The number of carbonyl (C=O) groups excluding carboxylic acids is 1. The minimum Gasteiger partial charge on any atom is -0.294 e. The molecule has 2 rings (SSSR count). The Hall–Kier alpha value is -0.960. The molecular weight excluding hydrogens is 246 g/mol. The lowest BCUT2D eigenvalue weighted by Gasteiger charge is -2.20. The SMILES string of the molecule is O=C(c1cc(F)c(F)cc1Cl)C1CCCCC1. The molecule has 4 heteroatoms. The van der Waals surface area contributed by atoms with Crippen LogP contribution in [0.2, 0.25) is 5.02 Å². The first-order chi connectivity index (χ1) is 8.09. The molecule has 0 amide bonds. The Labute approximate surface area is 104 Å². The summed E-state index contributed by atoms with van der Waals surface area (Å²) in [5.74, 6) is -2.29. The lowest BCUT2D eigenvalue weighted by molar-refractivity contribution is 0.0889. The second-order valence-corrected chi connectivity index (χ2v) is 4.85. The van der Waals surface area contributed by atoms with Crippen molar-refractivity contribution < 1.29 is 13.6 Å². The number of carbonyl (C=O) groups is 1. The van der Waals surface area contributed by atoms with E-state index in [0.717, 1.165) is 44.2 Å². The van der Waals surface area contributed by atoms with Gasteiger partial charge in [-0.25, -0.2) is 8.78 Å². The van der Waals surface area contributed by atoms with Gasteiger partial charge in [0.2, 0.25) is 0 Å². The summed E-state index contributed by atoms with van der Waals surface area (Å²) in [6.45, 7) is 0. The molecule has 1 aromatic rings. The fourth-order valence-corrected chi connectivity index (χ4v) is 2.54. The second-order valence-electron chi connectivity index (χ2n) is 4.45. The highest BCUT2D eigenvalue weighted by Crippen LogP contribution is 2.30. The molecule has 1 aliphatic carbocycles. The van der Waals surface area contributed by atoms with Crippen LogP contribution in [0.4, 0.5) is 8.78 Å². The fourth-order valence-electron chi connectivity index (χ4n) is 2.30. The Kier molecular flexibility index (Phi) is 3.77. The van der Waals surface area contributed by atoms with Crippen molar-refractivity contribution in [2.24, 2.45) is 5.92 Å². The highest BCUT2D eigenvalue weighted by atomic mass is 35.5. The molecule has 0 atom stereocenters. The molecule has 0 bridgehead atoms. The fraction of sp³-hybridized carbons (Fsp3) is 0.462. The molecule has 1 saturated carbocycles. The highest BCUT2D eigenvalue weighted by Gasteiger charge is 2.25. The standard InChI is InChI=1S/C13H13ClF2O/c14-10-7-12(16)11(15)6-9(10)13(17)8-4-2-1-3-5-8/h6-8H,1-5H2. The van der Waals surface area contributed by atoms with E-state index in [2.05, 4.69) is 0 Å². The van der Waals surface area contributed by atoms with Crippen LogP contribution in [0.1, 0.15) is 42.5 Å². The zero-order valence-electron chi connectivity index (χ0n) is 9.31. The average molecular weight is 259 g/mol. The first-order valence-corrected chi connectivity index (χ1v) is 6.16. The molecule has 0 saturated heterocycles. The maximum absolute atomic E-state index is 13.1. The highest BCUT2D eigenvalue weighted by molar-refractivity contribution is 6.34. The number of hydrogen-bond donors (Lipinski definition) is 0. The third-order valence-corrected chi connectivity index (χ3v) is 3.56. The van der Waals surface area contributed by atoms with Crippen molar-refractivity contribution in [2.75, 3.05) is 0 Å². The van der Waals surface area contributed by atoms with Gasteiger partial charge in [-0.15, -0.1) is 0 Å². The topological polar surface area (TPSA) is 17.1 Å². The van der Waals surface area contributed by atoms with E-state index in [1.165, 1.54) is 0 Å². The maximum Gasteiger partial charge on any atom is 0.167 e. The molecule has 92 valence electrons. The molecule has 0 heterocycles. The van der Waals surface area contributed by atoms with E-state index in [4.69, 9.17) is 11.6 Å². The van der Waals surface area contributed by atoms with Gasteiger partial charge in [0.25, 0.3) is 0 Å². The predicted octanol–water partition coefficient (Wildman–Crippen LogP) is 4.38. The van der Waals surface area contributed by atoms with Gasteiger partial charge in [0.15, 0.2) is 17.4 Å². The van der Waals surface area contributed by atoms with E-state index >= 15 is 0 Å². The minimum absolute atomic E-state index is 0.000488. The van der Waals surface area contributed by atoms with Crippen molar-refractivity contribution in [3.63, 3.8) is 0 Å². The average Bonchev–Trinajstić information content (AvgIpc) is 2.34. The van der Waals surface area contributed by atoms with Gasteiger partial charge in [0, 0.05) is 11.5 Å². The van der Waals surface area contributed by atoms with Crippen molar-refractivity contribution in [1.82, 2.24) is 0 Å². The quantitative estimate of drug-likeness (QED) is 0.568. The summed E-state index contributed by atoms with van der Waals surface area (Å²) in [6, 6.07) is 1.78. The summed E-state index contributed by atoms with van der Waals surface area (Å²) >= 11 is 5.79. The van der Waals surface area contributed by atoms with Gasteiger partial charge in [0.1, 0.15) is 0 Å². The lowest BCUT2D eigenvalue weighted by atomic mass is 9.84. The number of halogens is 3. The lowest BCUT2D eigenvalue weighted by Crippen LogP contribution is -2.18. The molecule has 0 N–H and O–H groups in total. The molecule has 1 aromatic carbocycles. The van der Waals surface area contributed by atoms with Crippen molar-refractivity contribution in [2.45, 2.75) is 32.1 Å². The van der Waals surface area contributed by atoms with Gasteiger partial charge in [-0.05, 0) is 25.0 Å². The molecule has 1 aliphatic rings. The van der Waals surface area contributed by atoms with Crippen LogP contribution in [-0.4, -0.2) is 5.78 Å². The monoisotopic (exact) mass is 258 g/mol. The summed E-state index contributed by atoms with van der Waals surface area (Å²) in [4.78, 5) is 12.1. The van der Waals surface area contributed by atoms with Gasteiger partial charge in [-0.3, -0.25) is 4.79 Å². The smallest absolute Gasteiger partial charge is 0.167 e. The van der Waals surface area contributed by atoms with Crippen LogP contribution in [0.3, 0.4) is 0 Å². The van der Waals surface area contributed by atoms with Crippen molar-refractivity contribution >= 4 is 17.4 Å². The van der Waals surface area contributed by atoms with Crippen LogP contribution in [0.5, 0.6) is 0 Å². The Morgan fingerprint density at radius 2 is 1.71 bits per heavy atom. The van der Waals surface area contributed by atoms with Gasteiger partial charge >= 0.3 is 0 Å². The third-order valence-electron chi connectivity index (χ3n) is 3.25. The van der Waals surface area contributed by atoms with E-state index in [0.29, 0.717) is 0 Å². The molecule has 0 radical (unpaired) electrons. The molecule has 17 heavy (non-hydrogen) atoms. The number of ketones is 1. The van der Waals surface area contributed by atoms with Crippen LogP contribution in [-0.2, 0) is 0 Å². The van der Waals surface area contributed by atoms with Gasteiger partial charge in [-0.1, -0.05) is 30.9 Å². The summed E-state index contributed by atoms with van der Waals surface area (Å²) in [5.41, 5.74) is 0.109. The largest absolute Gasteiger partial charge is 0.294 e. The number of rotatable bonds is 2. The number of Topliss-reactive ketones (excluding diaryl/α,β-unsaturated/α-hetero) is 1. The van der Waals surface area contributed by atoms with Gasteiger partial charge < -0.3 is 0 Å². The Morgan fingerprint density at radius 1 is 1.12 bits per heavy atom. The van der Waals surface area contributed by atoms with E-state index in [9.17, 15) is 13.6 Å². The molecular formula is C13H13ClF2O. The van der Waals surface area contributed by atoms with Crippen LogP contribution in [0.15, 0.2) is 12.1 Å². The third kappa shape index (κ3) is 2.65. The molecule has 1 nitrogen and oxygen atoms in total. The second kappa shape index (κ2) is 5.13. The molecule has 0 unspecified atom stereocenters. The maximum atomic E-state index is 13.1. The first-order valence-electron chi connectivity index (χ1n) is 5.78. The summed E-state index contributed by atoms with van der Waals surface area (Å²) in [5, 5.41) is -0.000488. The van der Waals surface area contributed by atoms with Crippen LogP contribution >= 0.6 is 11.6 Å². The van der Waals surface area contributed by atoms with Gasteiger partial charge in [-0.2, -0.15) is 0 Å². The molecule has 1 fully saturated rings. The van der Waals surface area contributed by atoms with Crippen molar-refractivity contribution in [3.05, 3.63) is 34.4 Å². The zero-order valence-corrected chi connectivity index (χ0v) is 10.1. The normalized spacial score (nSPS) is 17.1.